The monoisotopic (exact) mass is 347 g/mol. The number of nitro groups is 1. The lowest BCUT2D eigenvalue weighted by atomic mass is 10.1. The molecule has 0 aliphatic heterocycles. The zero-order chi connectivity index (χ0) is 17.7. The summed E-state index contributed by atoms with van der Waals surface area (Å²) < 4.78 is 10.5. The van der Waals surface area contributed by atoms with Crippen molar-refractivity contribution in [3.63, 3.8) is 0 Å². The summed E-state index contributed by atoms with van der Waals surface area (Å²) in [5.74, 6) is -0.0506. The number of carbonyl (C=O) groups is 1. The third-order valence-electron chi connectivity index (χ3n) is 3.13. The van der Waals surface area contributed by atoms with E-state index < -0.39 is 10.9 Å². The highest BCUT2D eigenvalue weighted by Gasteiger charge is 2.13. The molecule has 0 aliphatic carbocycles. The van der Waals surface area contributed by atoms with Crippen molar-refractivity contribution < 1.29 is 19.2 Å². The van der Waals surface area contributed by atoms with Crippen LogP contribution in [0.25, 0.3) is 6.08 Å². The number of ether oxygens (including phenoxy) is 2. The van der Waals surface area contributed by atoms with Crippen LogP contribution in [-0.4, -0.2) is 18.0 Å². The number of halogens is 1. The Morgan fingerprint density at radius 1 is 1.17 bits per heavy atom. The van der Waals surface area contributed by atoms with E-state index in [0.717, 1.165) is 0 Å². The summed E-state index contributed by atoms with van der Waals surface area (Å²) >= 11 is 5.78. The van der Waals surface area contributed by atoms with Gasteiger partial charge in [-0.25, -0.2) is 4.79 Å². The Labute approximate surface area is 143 Å². The maximum Gasteiger partial charge on any atom is 0.343 e. The van der Waals surface area contributed by atoms with Gasteiger partial charge in [0.25, 0.3) is 0 Å². The molecule has 0 radical (unpaired) electrons. The quantitative estimate of drug-likeness (QED) is 0.350. The molecule has 2 aromatic rings. The summed E-state index contributed by atoms with van der Waals surface area (Å²) in [6.45, 7) is 1.39. The van der Waals surface area contributed by atoms with E-state index in [9.17, 15) is 14.9 Å². The van der Waals surface area contributed by atoms with E-state index in [1.54, 1.807) is 36.4 Å². The third-order valence-corrected chi connectivity index (χ3v) is 3.39. The molecule has 0 bridgehead atoms. The number of allylic oxidation sites excluding steroid dienone is 1. The average molecular weight is 348 g/mol. The summed E-state index contributed by atoms with van der Waals surface area (Å²) in [6, 6.07) is 10.9. The van der Waals surface area contributed by atoms with Crippen LogP contribution in [0.15, 0.2) is 48.2 Å². The van der Waals surface area contributed by atoms with E-state index in [0.29, 0.717) is 21.9 Å². The van der Waals surface area contributed by atoms with Gasteiger partial charge < -0.3 is 9.47 Å². The zero-order valence-corrected chi connectivity index (χ0v) is 13.7. The lowest BCUT2D eigenvalue weighted by molar-refractivity contribution is -0.422. The molecule has 0 fully saturated rings. The Kier molecular flexibility index (Phi) is 5.55. The molecule has 2 rings (SSSR count). The Bertz CT molecular complexity index is 799. The van der Waals surface area contributed by atoms with Gasteiger partial charge in [-0.05, 0) is 42.0 Å². The smallest absolute Gasteiger partial charge is 0.343 e. The summed E-state index contributed by atoms with van der Waals surface area (Å²) in [5.41, 5.74) is 0.893. The van der Waals surface area contributed by atoms with Crippen molar-refractivity contribution in [1.82, 2.24) is 0 Å². The van der Waals surface area contributed by atoms with E-state index >= 15 is 0 Å². The largest absolute Gasteiger partial charge is 0.493 e. The summed E-state index contributed by atoms with van der Waals surface area (Å²) in [6.07, 6.45) is 1.40. The van der Waals surface area contributed by atoms with Crippen LogP contribution in [0.3, 0.4) is 0 Å². The first-order valence-corrected chi connectivity index (χ1v) is 7.27. The Morgan fingerprint density at radius 3 is 2.42 bits per heavy atom. The molecule has 0 spiro atoms. The van der Waals surface area contributed by atoms with Crippen molar-refractivity contribution in [1.29, 1.82) is 0 Å². The second-order valence-electron chi connectivity index (χ2n) is 4.85. The molecule has 0 saturated carbocycles. The third kappa shape index (κ3) is 4.33. The summed E-state index contributed by atoms with van der Waals surface area (Å²) in [7, 11) is 1.42. The zero-order valence-electron chi connectivity index (χ0n) is 13.0. The van der Waals surface area contributed by atoms with E-state index in [4.69, 9.17) is 21.1 Å². The molecule has 0 N–H and O–H groups in total. The number of hydrogen-bond donors (Lipinski definition) is 0. The van der Waals surface area contributed by atoms with Crippen molar-refractivity contribution in [3.05, 3.63) is 74.4 Å². The van der Waals surface area contributed by atoms with Crippen LogP contribution in [0.4, 0.5) is 0 Å². The SMILES string of the molecule is COc1cc(/C=C(/C)[N+](=O)[O-])ccc1OC(=O)c1ccc(Cl)cc1. The van der Waals surface area contributed by atoms with Gasteiger partial charge >= 0.3 is 5.97 Å². The number of hydrogen-bond acceptors (Lipinski definition) is 5. The fourth-order valence-electron chi connectivity index (χ4n) is 1.90. The summed E-state index contributed by atoms with van der Waals surface area (Å²) in [5, 5.41) is 11.2. The molecule has 0 aromatic heterocycles. The molecule has 0 aliphatic rings. The van der Waals surface area contributed by atoms with E-state index in [1.807, 2.05) is 0 Å². The molecule has 0 heterocycles. The highest BCUT2D eigenvalue weighted by molar-refractivity contribution is 6.30. The van der Waals surface area contributed by atoms with Crippen LogP contribution >= 0.6 is 11.6 Å². The maximum absolute atomic E-state index is 12.1. The van der Waals surface area contributed by atoms with Crippen LogP contribution < -0.4 is 9.47 Å². The Morgan fingerprint density at radius 2 is 1.83 bits per heavy atom. The van der Waals surface area contributed by atoms with Gasteiger partial charge in [-0.2, -0.15) is 0 Å². The molecule has 0 atom stereocenters. The topological polar surface area (TPSA) is 78.7 Å². The van der Waals surface area contributed by atoms with Gasteiger partial charge in [0.15, 0.2) is 11.5 Å². The van der Waals surface area contributed by atoms with Crippen LogP contribution in [0.2, 0.25) is 5.02 Å². The molecular formula is C17H14ClNO5. The van der Waals surface area contributed by atoms with Crippen molar-refractivity contribution in [2.45, 2.75) is 6.92 Å². The van der Waals surface area contributed by atoms with Crippen LogP contribution in [0, 0.1) is 10.1 Å². The predicted octanol–water partition coefficient (Wildman–Crippen LogP) is 4.21. The van der Waals surface area contributed by atoms with Crippen molar-refractivity contribution in [3.8, 4) is 11.5 Å². The minimum Gasteiger partial charge on any atom is -0.493 e. The van der Waals surface area contributed by atoms with Gasteiger partial charge in [0.05, 0.1) is 17.6 Å². The van der Waals surface area contributed by atoms with Crippen molar-refractivity contribution in [2.75, 3.05) is 7.11 Å². The lowest BCUT2D eigenvalue weighted by Crippen LogP contribution is -2.09. The highest BCUT2D eigenvalue weighted by atomic mass is 35.5. The second kappa shape index (κ2) is 7.61. The number of carbonyl (C=O) groups excluding carboxylic acids is 1. The van der Waals surface area contributed by atoms with Crippen LogP contribution in [-0.2, 0) is 0 Å². The van der Waals surface area contributed by atoms with E-state index in [2.05, 4.69) is 0 Å². The Hall–Kier alpha value is -2.86. The molecular weight excluding hydrogens is 334 g/mol. The van der Waals surface area contributed by atoms with Gasteiger partial charge in [0.2, 0.25) is 5.70 Å². The lowest BCUT2D eigenvalue weighted by Gasteiger charge is -2.10. The number of nitrogens with zero attached hydrogens (tertiary/aromatic N) is 1. The molecule has 124 valence electrons. The number of esters is 1. The molecule has 0 saturated heterocycles. The van der Waals surface area contributed by atoms with Crippen molar-refractivity contribution >= 4 is 23.6 Å². The molecule has 7 heteroatoms. The fourth-order valence-corrected chi connectivity index (χ4v) is 2.02. The van der Waals surface area contributed by atoms with Crippen molar-refractivity contribution in [2.24, 2.45) is 0 Å². The molecule has 2 aromatic carbocycles. The minimum absolute atomic E-state index is 0.0111. The van der Waals surface area contributed by atoms with Crippen LogP contribution in [0.5, 0.6) is 11.5 Å². The van der Waals surface area contributed by atoms with Crippen LogP contribution in [0.1, 0.15) is 22.8 Å². The normalized spacial score (nSPS) is 11.0. The number of benzene rings is 2. The fraction of sp³-hybridized carbons (Fsp3) is 0.118. The van der Waals surface area contributed by atoms with Gasteiger partial charge in [0.1, 0.15) is 0 Å². The first-order chi connectivity index (χ1) is 11.4. The van der Waals surface area contributed by atoms with E-state index in [-0.39, 0.29) is 11.4 Å². The minimum atomic E-state index is -0.560. The highest BCUT2D eigenvalue weighted by Crippen LogP contribution is 2.29. The first-order valence-electron chi connectivity index (χ1n) is 6.89. The first kappa shape index (κ1) is 17.5. The second-order valence-corrected chi connectivity index (χ2v) is 5.29. The van der Waals surface area contributed by atoms with Gasteiger partial charge in [-0.1, -0.05) is 17.7 Å². The molecule has 6 nitrogen and oxygen atoms in total. The van der Waals surface area contributed by atoms with E-state index in [1.165, 1.54) is 26.2 Å². The van der Waals surface area contributed by atoms with Gasteiger partial charge in [0, 0.05) is 18.0 Å². The Balaban J connectivity index is 2.24. The van der Waals surface area contributed by atoms with Gasteiger partial charge in [-0.15, -0.1) is 0 Å². The number of methoxy groups -OCH3 is 1. The summed E-state index contributed by atoms with van der Waals surface area (Å²) in [4.78, 5) is 22.3. The van der Waals surface area contributed by atoms with Gasteiger partial charge in [-0.3, -0.25) is 10.1 Å². The standard InChI is InChI=1S/C17H14ClNO5/c1-11(19(21)22)9-12-3-8-15(16(10-12)23-2)24-17(20)13-4-6-14(18)7-5-13/h3-10H,1-2H3/b11-9-. The number of rotatable bonds is 5. The average Bonchev–Trinajstić information content (AvgIpc) is 2.56. The molecule has 24 heavy (non-hydrogen) atoms. The predicted molar refractivity (Wildman–Crippen MR) is 90.0 cm³/mol. The maximum atomic E-state index is 12.1. The molecule has 0 amide bonds. The molecule has 0 unspecified atom stereocenters.